The Morgan fingerprint density at radius 2 is 1.10 bits per heavy atom. The molecule has 0 aliphatic heterocycles. The maximum absolute atomic E-state index is 12.3. The van der Waals surface area contributed by atoms with Gasteiger partial charge < -0.3 is 61.9 Å². The second-order valence-corrected chi connectivity index (χ2v) is 10.5. The highest BCUT2D eigenvalue weighted by Crippen LogP contribution is 2.04. The van der Waals surface area contributed by atoms with Crippen LogP contribution < -0.4 is 32.7 Å². The lowest BCUT2D eigenvalue weighted by Crippen LogP contribution is -2.45. The predicted molar refractivity (Wildman–Crippen MR) is 168 cm³/mol. The summed E-state index contributed by atoms with van der Waals surface area (Å²) in [5, 5.41) is 28.5. The van der Waals surface area contributed by atoms with Crippen molar-refractivity contribution in [3.8, 4) is 0 Å². The normalized spacial score (nSPS) is 12.7. The molecule has 276 valence electrons. The van der Waals surface area contributed by atoms with Crippen LogP contribution in [-0.2, 0) is 52.5 Å². The van der Waals surface area contributed by atoms with Crippen molar-refractivity contribution in [2.24, 2.45) is 11.5 Å². The molecule has 19 nitrogen and oxygen atoms in total. The molecule has 4 amide bonds. The number of ether oxygens (including phenoxy) is 4. The Labute approximate surface area is 279 Å². The van der Waals surface area contributed by atoms with E-state index in [0.29, 0.717) is 45.6 Å². The van der Waals surface area contributed by atoms with Crippen LogP contribution in [0.25, 0.3) is 0 Å². The summed E-state index contributed by atoms with van der Waals surface area (Å²) < 4.78 is 20.7. The highest BCUT2D eigenvalue weighted by Gasteiger charge is 2.24. The molecule has 0 bridgehead atoms. The summed E-state index contributed by atoms with van der Waals surface area (Å²) in [6.45, 7) is 3.06. The van der Waals surface area contributed by atoms with Crippen LogP contribution in [0.3, 0.4) is 0 Å². The molecular formula is C29H52N6O13. The smallest absolute Gasteiger partial charge is 0.326 e. The number of carboxylic acids is 2. The number of rotatable bonds is 31. The first-order valence-electron chi connectivity index (χ1n) is 15.7. The number of unbranched alkanes of at least 4 members (excludes halogenated alkanes) is 1. The molecule has 0 aromatic carbocycles. The molecule has 0 spiro atoms. The highest BCUT2D eigenvalue weighted by molar-refractivity contribution is 5.86. The zero-order valence-corrected chi connectivity index (χ0v) is 27.5. The first-order chi connectivity index (χ1) is 22.9. The third-order valence-electron chi connectivity index (χ3n) is 6.41. The van der Waals surface area contributed by atoms with Gasteiger partial charge in [-0.25, -0.2) is 9.59 Å². The van der Waals surface area contributed by atoms with Gasteiger partial charge in [0.2, 0.25) is 23.6 Å². The number of aliphatic carboxylic acids is 2. The first-order valence-corrected chi connectivity index (χ1v) is 15.7. The van der Waals surface area contributed by atoms with E-state index in [9.17, 15) is 43.8 Å². The summed E-state index contributed by atoms with van der Waals surface area (Å²) in [6.07, 6.45) is 0.598. The third-order valence-corrected chi connectivity index (χ3v) is 6.41. The summed E-state index contributed by atoms with van der Waals surface area (Å²) in [4.78, 5) is 82.4. The van der Waals surface area contributed by atoms with Crippen molar-refractivity contribution in [3.05, 3.63) is 0 Å². The van der Waals surface area contributed by atoms with Crippen LogP contribution in [0.1, 0.15) is 51.9 Å². The van der Waals surface area contributed by atoms with Gasteiger partial charge in [-0.15, -0.1) is 0 Å². The molecule has 0 aliphatic rings. The van der Waals surface area contributed by atoms with Gasteiger partial charge in [-0.2, -0.15) is 0 Å². The number of hydrogen-bond donors (Lipinski definition) is 8. The molecular weight excluding hydrogens is 640 g/mol. The van der Waals surface area contributed by atoms with E-state index in [4.69, 9.17) is 30.4 Å². The van der Waals surface area contributed by atoms with Crippen molar-refractivity contribution >= 4 is 41.4 Å². The summed E-state index contributed by atoms with van der Waals surface area (Å²) in [5.41, 5.74) is 10.9. The SMILES string of the molecule is CC(=O)[C@@H](N)CCCCNC(=O)CC[C@H](NC(=O)CC[C@H](NC(=O)COCCOCCNC(=O)COCCOCCN)C(=O)O)C(=O)O. The minimum absolute atomic E-state index is 0.0118. The highest BCUT2D eigenvalue weighted by atomic mass is 16.5. The number of amides is 4. The van der Waals surface area contributed by atoms with E-state index >= 15 is 0 Å². The molecule has 0 radical (unpaired) electrons. The molecule has 0 saturated heterocycles. The van der Waals surface area contributed by atoms with E-state index in [2.05, 4.69) is 21.3 Å². The van der Waals surface area contributed by atoms with Crippen LogP contribution in [0.4, 0.5) is 0 Å². The second-order valence-electron chi connectivity index (χ2n) is 10.5. The zero-order valence-electron chi connectivity index (χ0n) is 27.5. The van der Waals surface area contributed by atoms with Crippen molar-refractivity contribution in [2.45, 2.75) is 70.0 Å². The minimum atomic E-state index is -1.44. The summed E-state index contributed by atoms with van der Waals surface area (Å²) in [7, 11) is 0. The van der Waals surface area contributed by atoms with Crippen molar-refractivity contribution in [1.82, 2.24) is 21.3 Å². The van der Waals surface area contributed by atoms with Crippen LogP contribution in [0.5, 0.6) is 0 Å². The Hall–Kier alpha value is -3.75. The molecule has 0 aliphatic carbocycles. The largest absolute Gasteiger partial charge is 0.480 e. The molecule has 48 heavy (non-hydrogen) atoms. The van der Waals surface area contributed by atoms with E-state index in [1.807, 2.05) is 0 Å². The van der Waals surface area contributed by atoms with E-state index in [0.717, 1.165) is 0 Å². The van der Waals surface area contributed by atoms with Crippen molar-refractivity contribution < 1.29 is 62.7 Å². The average molecular weight is 693 g/mol. The van der Waals surface area contributed by atoms with Crippen LogP contribution in [0.15, 0.2) is 0 Å². The lowest BCUT2D eigenvalue weighted by Gasteiger charge is -2.17. The minimum Gasteiger partial charge on any atom is -0.480 e. The van der Waals surface area contributed by atoms with Gasteiger partial charge in [0.05, 0.1) is 45.7 Å². The number of nitrogens with two attached hydrogens (primary N) is 2. The van der Waals surface area contributed by atoms with Gasteiger partial charge in [-0.3, -0.25) is 24.0 Å². The third kappa shape index (κ3) is 25.4. The molecule has 0 rings (SSSR count). The summed E-state index contributed by atoms with van der Waals surface area (Å²) >= 11 is 0. The number of hydrogen-bond acceptors (Lipinski definition) is 13. The van der Waals surface area contributed by atoms with Gasteiger partial charge in [0.1, 0.15) is 31.1 Å². The Morgan fingerprint density at radius 1 is 0.604 bits per heavy atom. The lowest BCUT2D eigenvalue weighted by atomic mass is 10.1. The maximum Gasteiger partial charge on any atom is 0.326 e. The Kier molecular flexibility index (Phi) is 26.1. The molecule has 0 aromatic heterocycles. The number of nitrogens with one attached hydrogen (secondary N) is 4. The molecule has 10 N–H and O–H groups in total. The van der Waals surface area contributed by atoms with Crippen LogP contribution in [0.2, 0.25) is 0 Å². The standard InChI is InChI=1S/C29H52N6O13/c1-20(36)21(31)4-2-3-10-32-24(37)7-5-22(28(41)42)34-25(38)8-6-23(29(43)44)35-27(40)19-48-17-15-46-13-11-33-26(39)18-47-16-14-45-12-9-30/h21-23H,2-19,30-31H2,1H3,(H,32,37)(H,33,39)(H,34,38)(H,35,40)(H,41,42)(H,43,44)/t21-,22-,23-/m0/s1. The van der Waals surface area contributed by atoms with Gasteiger partial charge in [-0.1, -0.05) is 0 Å². The number of carbonyl (C=O) groups is 7. The molecule has 3 atom stereocenters. The van der Waals surface area contributed by atoms with Crippen LogP contribution in [-0.4, -0.2) is 142 Å². The van der Waals surface area contributed by atoms with Crippen molar-refractivity contribution in [3.63, 3.8) is 0 Å². The van der Waals surface area contributed by atoms with Crippen molar-refractivity contribution in [2.75, 3.05) is 72.5 Å². The Morgan fingerprint density at radius 3 is 1.67 bits per heavy atom. The molecule has 0 aromatic rings. The van der Waals surface area contributed by atoms with E-state index in [1.54, 1.807) is 0 Å². The van der Waals surface area contributed by atoms with Crippen LogP contribution in [0, 0.1) is 0 Å². The fraction of sp³-hybridized carbons (Fsp3) is 0.759. The summed E-state index contributed by atoms with van der Waals surface area (Å²) in [5.74, 6) is -5.14. The number of ketones is 1. The predicted octanol–water partition coefficient (Wildman–Crippen LogP) is -2.97. The number of Topliss-reactive ketones (excluding diaryl/α,β-unsaturated/α-hetero) is 1. The first kappa shape index (κ1) is 44.2. The fourth-order valence-corrected chi connectivity index (χ4v) is 3.74. The maximum atomic E-state index is 12.3. The fourth-order valence-electron chi connectivity index (χ4n) is 3.74. The Bertz CT molecular complexity index is 1000. The van der Waals surface area contributed by atoms with Gasteiger partial charge in [-0.05, 0) is 39.0 Å². The van der Waals surface area contributed by atoms with E-state index in [-0.39, 0.29) is 70.5 Å². The molecule has 0 unspecified atom stereocenters. The second kappa shape index (κ2) is 28.3. The van der Waals surface area contributed by atoms with Gasteiger partial charge in [0.15, 0.2) is 0 Å². The monoisotopic (exact) mass is 692 g/mol. The zero-order chi connectivity index (χ0) is 36.2. The molecule has 0 heterocycles. The Balaban J connectivity index is 4.18. The van der Waals surface area contributed by atoms with Gasteiger partial charge in [0, 0.05) is 32.5 Å². The van der Waals surface area contributed by atoms with E-state index < -0.39 is 60.8 Å². The average Bonchev–Trinajstić information content (AvgIpc) is 3.03. The number of carboxylic acid groups (broad SMARTS) is 2. The molecule has 0 fully saturated rings. The van der Waals surface area contributed by atoms with Crippen LogP contribution >= 0.6 is 0 Å². The quantitative estimate of drug-likeness (QED) is 0.0337. The van der Waals surface area contributed by atoms with Crippen molar-refractivity contribution in [1.29, 1.82) is 0 Å². The molecule has 19 heteroatoms. The van der Waals surface area contributed by atoms with E-state index in [1.165, 1.54) is 6.92 Å². The molecule has 0 saturated carbocycles. The van der Waals surface area contributed by atoms with Gasteiger partial charge in [0.25, 0.3) is 0 Å². The van der Waals surface area contributed by atoms with Gasteiger partial charge >= 0.3 is 11.9 Å². The topological polar surface area (TPSA) is 297 Å². The lowest BCUT2D eigenvalue weighted by molar-refractivity contribution is -0.144. The summed E-state index contributed by atoms with van der Waals surface area (Å²) in [6, 6.07) is -3.36. The number of carbonyl (C=O) groups excluding carboxylic acids is 5.